The summed E-state index contributed by atoms with van der Waals surface area (Å²) in [6, 6.07) is 5.20. The maximum Gasteiger partial charge on any atom is 0.265 e. The van der Waals surface area contributed by atoms with E-state index in [2.05, 4.69) is 5.32 Å². The minimum absolute atomic E-state index is 0.0187. The van der Waals surface area contributed by atoms with Gasteiger partial charge in [-0.2, -0.15) is 0 Å². The van der Waals surface area contributed by atoms with Gasteiger partial charge >= 0.3 is 0 Å². The number of ether oxygens (including phenoxy) is 1. The molecular weight excluding hydrogens is 270 g/mol. The molecule has 0 unspecified atom stereocenters. The Bertz CT molecular complexity index is 541. The molecule has 1 aromatic rings. The molecule has 6 heteroatoms. The number of hydrogen-bond acceptors (Lipinski definition) is 4. The van der Waals surface area contributed by atoms with E-state index in [1.807, 2.05) is 13.8 Å². The van der Waals surface area contributed by atoms with Crippen LogP contribution in [0.1, 0.15) is 26.7 Å². The number of nitrogen functional groups attached to an aromatic ring is 1. The SMILES string of the molecule is CCC(CC)NC(=O)CN1C(=O)COc2ccc(N)cc21. The summed E-state index contributed by atoms with van der Waals surface area (Å²) in [5, 5.41) is 2.92. The van der Waals surface area contributed by atoms with Crippen molar-refractivity contribution in [3.8, 4) is 5.75 Å². The van der Waals surface area contributed by atoms with Crippen LogP contribution in [0.2, 0.25) is 0 Å². The molecule has 0 saturated heterocycles. The van der Waals surface area contributed by atoms with Crippen molar-refractivity contribution < 1.29 is 14.3 Å². The largest absolute Gasteiger partial charge is 0.482 e. The highest BCUT2D eigenvalue weighted by molar-refractivity contribution is 6.02. The first-order chi connectivity index (χ1) is 10.0. The van der Waals surface area contributed by atoms with Crippen molar-refractivity contribution in [3.05, 3.63) is 18.2 Å². The van der Waals surface area contributed by atoms with Gasteiger partial charge in [-0.1, -0.05) is 13.8 Å². The standard InChI is InChI=1S/C15H21N3O3/c1-3-11(4-2)17-14(19)8-18-12-7-10(16)5-6-13(12)21-9-15(18)20/h5-7,11H,3-4,8-9,16H2,1-2H3,(H,17,19). The van der Waals surface area contributed by atoms with E-state index in [-0.39, 0.29) is 31.0 Å². The van der Waals surface area contributed by atoms with E-state index in [9.17, 15) is 9.59 Å². The summed E-state index contributed by atoms with van der Waals surface area (Å²) in [6.45, 7) is 3.96. The molecule has 0 saturated carbocycles. The Kier molecular flexibility index (Phi) is 4.67. The van der Waals surface area contributed by atoms with Crippen LogP contribution in [-0.4, -0.2) is 31.0 Å². The van der Waals surface area contributed by atoms with Gasteiger partial charge in [0.1, 0.15) is 12.3 Å². The maximum atomic E-state index is 12.1. The molecule has 114 valence electrons. The second kappa shape index (κ2) is 6.47. The summed E-state index contributed by atoms with van der Waals surface area (Å²) in [7, 11) is 0. The highest BCUT2D eigenvalue weighted by Crippen LogP contribution is 2.33. The zero-order valence-corrected chi connectivity index (χ0v) is 12.4. The molecule has 1 aliphatic rings. The Labute approximate surface area is 124 Å². The van der Waals surface area contributed by atoms with Gasteiger partial charge in [0, 0.05) is 11.7 Å². The molecular formula is C15H21N3O3. The van der Waals surface area contributed by atoms with E-state index in [1.54, 1.807) is 18.2 Å². The summed E-state index contributed by atoms with van der Waals surface area (Å²) in [5.74, 6) is 0.152. The fraction of sp³-hybridized carbons (Fsp3) is 0.467. The summed E-state index contributed by atoms with van der Waals surface area (Å²) in [4.78, 5) is 25.5. The number of anilines is 2. The summed E-state index contributed by atoms with van der Waals surface area (Å²) >= 11 is 0. The molecule has 1 aromatic carbocycles. The zero-order chi connectivity index (χ0) is 15.4. The fourth-order valence-electron chi connectivity index (χ4n) is 2.30. The number of hydrogen-bond donors (Lipinski definition) is 2. The Morgan fingerprint density at radius 2 is 2.14 bits per heavy atom. The molecule has 3 N–H and O–H groups in total. The number of carbonyl (C=O) groups is 2. The van der Waals surface area contributed by atoms with Gasteiger partial charge in [0.25, 0.3) is 5.91 Å². The summed E-state index contributed by atoms with van der Waals surface area (Å²) < 4.78 is 5.35. The van der Waals surface area contributed by atoms with Crippen LogP contribution in [0.4, 0.5) is 11.4 Å². The van der Waals surface area contributed by atoms with Gasteiger partial charge in [-0.25, -0.2) is 0 Å². The molecule has 2 rings (SSSR count). The van der Waals surface area contributed by atoms with Crippen LogP contribution in [0.5, 0.6) is 5.75 Å². The first-order valence-corrected chi connectivity index (χ1v) is 7.17. The van der Waals surface area contributed by atoms with Crippen LogP contribution in [0.15, 0.2) is 18.2 Å². The second-order valence-corrected chi connectivity index (χ2v) is 5.08. The van der Waals surface area contributed by atoms with Crippen LogP contribution in [0.3, 0.4) is 0 Å². The van der Waals surface area contributed by atoms with Crippen molar-refractivity contribution in [3.63, 3.8) is 0 Å². The maximum absolute atomic E-state index is 12.1. The van der Waals surface area contributed by atoms with Crippen molar-refractivity contribution in [2.75, 3.05) is 23.8 Å². The fourth-order valence-corrected chi connectivity index (χ4v) is 2.30. The van der Waals surface area contributed by atoms with E-state index in [0.717, 1.165) is 12.8 Å². The third-order valence-electron chi connectivity index (χ3n) is 3.58. The van der Waals surface area contributed by atoms with E-state index in [0.29, 0.717) is 17.1 Å². The molecule has 2 amide bonds. The quantitative estimate of drug-likeness (QED) is 0.801. The van der Waals surface area contributed by atoms with Crippen molar-refractivity contribution in [1.82, 2.24) is 5.32 Å². The predicted octanol–water partition coefficient (Wildman–Crippen LogP) is 1.30. The smallest absolute Gasteiger partial charge is 0.265 e. The first kappa shape index (κ1) is 15.2. The summed E-state index contributed by atoms with van der Waals surface area (Å²) in [6.07, 6.45) is 1.73. The number of nitrogens with two attached hydrogens (primary N) is 1. The molecule has 0 bridgehead atoms. The Morgan fingerprint density at radius 1 is 1.43 bits per heavy atom. The molecule has 1 aliphatic heterocycles. The zero-order valence-electron chi connectivity index (χ0n) is 12.4. The van der Waals surface area contributed by atoms with E-state index >= 15 is 0 Å². The normalized spacial score (nSPS) is 13.9. The number of nitrogens with zero attached hydrogens (tertiary/aromatic N) is 1. The van der Waals surface area contributed by atoms with Crippen LogP contribution in [0, 0.1) is 0 Å². The Balaban J connectivity index is 2.14. The molecule has 0 spiro atoms. The molecule has 21 heavy (non-hydrogen) atoms. The number of fused-ring (bicyclic) bond motifs is 1. The molecule has 0 fully saturated rings. The predicted molar refractivity (Wildman–Crippen MR) is 81.2 cm³/mol. The molecule has 0 radical (unpaired) electrons. The van der Waals surface area contributed by atoms with E-state index < -0.39 is 0 Å². The molecule has 1 heterocycles. The molecule has 0 atom stereocenters. The number of benzene rings is 1. The topological polar surface area (TPSA) is 84.7 Å². The van der Waals surface area contributed by atoms with Crippen molar-refractivity contribution in [2.24, 2.45) is 0 Å². The van der Waals surface area contributed by atoms with Crippen LogP contribution in [0.25, 0.3) is 0 Å². The summed E-state index contributed by atoms with van der Waals surface area (Å²) in [5.41, 5.74) is 6.82. The average molecular weight is 291 g/mol. The van der Waals surface area contributed by atoms with Gasteiger partial charge < -0.3 is 15.8 Å². The monoisotopic (exact) mass is 291 g/mol. The molecule has 6 nitrogen and oxygen atoms in total. The van der Waals surface area contributed by atoms with Crippen LogP contribution in [-0.2, 0) is 9.59 Å². The Hall–Kier alpha value is -2.24. The first-order valence-electron chi connectivity index (χ1n) is 7.17. The van der Waals surface area contributed by atoms with Gasteiger partial charge in [-0.15, -0.1) is 0 Å². The third kappa shape index (κ3) is 3.45. The highest BCUT2D eigenvalue weighted by Gasteiger charge is 2.27. The second-order valence-electron chi connectivity index (χ2n) is 5.08. The van der Waals surface area contributed by atoms with Gasteiger partial charge in [0.2, 0.25) is 5.91 Å². The van der Waals surface area contributed by atoms with Crippen LogP contribution >= 0.6 is 0 Å². The lowest BCUT2D eigenvalue weighted by atomic mass is 10.1. The van der Waals surface area contributed by atoms with Gasteiger partial charge in [0.05, 0.1) is 5.69 Å². The number of nitrogens with one attached hydrogen (secondary N) is 1. The van der Waals surface area contributed by atoms with Crippen molar-refractivity contribution in [2.45, 2.75) is 32.7 Å². The van der Waals surface area contributed by atoms with Crippen LogP contribution < -0.4 is 20.7 Å². The van der Waals surface area contributed by atoms with Gasteiger partial charge in [-0.3, -0.25) is 14.5 Å². The van der Waals surface area contributed by atoms with Crippen molar-refractivity contribution >= 4 is 23.2 Å². The van der Waals surface area contributed by atoms with Gasteiger partial charge in [0.15, 0.2) is 6.61 Å². The minimum atomic E-state index is -0.243. The highest BCUT2D eigenvalue weighted by atomic mass is 16.5. The lowest BCUT2D eigenvalue weighted by Gasteiger charge is -2.29. The van der Waals surface area contributed by atoms with Gasteiger partial charge in [-0.05, 0) is 31.0 Å². The number of carbonyl (C=O) groups excluding carboxylic acids is 2. The van der Waals surface area contributed by atoms with E-state index in [1.165, 1.54) is 4.90 Å². The minimum Gasteiger partial charge on any atom is -0.482 e. The molecule has 0 aromatic heterocycles. The lowest BCUT2D eigenvalue weighted by molar-refractivity contribution is -0.125. The van der Waals surface area contributed by atoms with E-state index in [4.69, 9.17) is 10.5 Å². The Morgan fingerprint density at radius 3 is 2.81 bits per heavy atom. The average Bonchev–Trinajstić information content (AvgIpc) is 2.48. The lowest BCUT2D eigenvalue weighted by Crippen LogP contribution is -2.47. The number of rotatable bonds is 5. The number of amides is 2. The van der Waals surface area contributed by atoms with Crippen molar-refractivity contribution in [1.29, 1.82) is 0 Å². The third-order valence-corrected chi connectivity index (χ3v) is 3.58. The molecule has 0 aliphatic carbocycles.